The van der Waals surface area contributed by atoms with E-state index in [9.17, 15) is 9.59 Å². The van der Waals surface area contributed by atoms with E-state index in [0.29, 0.717) is 18.7 Å². The van der Waals surface area contributed by atoms with Crippen LogP contribution in [0.5, 0.6) is 5.75 Å². The Labute approximate surface area is 126 Å². The molecule has 0 aliphatic rings. The van der Waals surface area contributed by atoms with Gasteiger partial charge < -0.3 is 9.64 Å². The molecule has 110 valence electrons. The molecule has 7 heteroatoms. The van der Waals surface area contributed by atoms with Gasteiger partial charge in [-0.2, -0.15) is 0 Å². The van der Waals surface area contributed by atoms with E-state index in [1.54, 1.807) is 12.1 Å². The van der Waals surface area contributed by atoms with Gasteiger partial charge in [-0.1, -0.05) is 15.9 Å². The molecular formula is C13H19BrN3O3+. The fraction of sp³-hybridized carbons (Fsp3) is 0.385. The Morgan fingerprint density at radius 1 is 1.15 bits per heavy atom. The van der Waals surface area contributed by atoms with Gasteiger partial charge in [0.05, 0.1) is 27.1 Å². The number of amides is 2. The van der Waals surface area contributed by atoms with Gasteiger partial charge in [0.15, 0.2) is 6.61 Å². The van der Waals surface area contributed by atoms with Crippen LogP contribution in [0.3, 0.4) is 0 Å². The molecule has 1 rings (SSSR count). The Hall–Kier alpha value is -1.60. The lowest BCUT2D eigenvalue weighted by Crippen LogP contribution is -3.05. The second kappa shape index (κ2) is 8.55. The molecule has 1 aromatic rings. The monoisotopic (exact) mass is 344 g/mol. The smallest absolute Gasteiger partial charge is 0.276 e. The first-order valence-corrected chi connectivity index (χ1v) is 7.02. The van der Waals surface area contributed by atoms with E-state index in [4.69, 9.17) is 4.74 Å². The summed E-state index contributed by atoms with van der Waals surface area (Å²) in [6.45, 7) is 0.554. The van der Waals surface area contributed by atoms with Crippen molar-refractivity contribution in [3.05, 3.63) is 28.7 Å². The Morgan fingerprint density at radius 2 is 1.75 bits per heavy atom. The largest absolute Gasteiger partial charge is 0.484 e. The summed E-state index contributed by atoms with van der Waals surface area (Å²) in [6.07, 6.45) is 0.357. The number of halogens is 1. The quantitative estimate of drug-likeness (QED) is 0.610. The van der Waals surface area contributed by atoms with Crippen molar-refractivity contribution >= 4 is 27.7 Å². The van der Waals surface area contributed by atoms with Crippen molar-refractivity contribution in [1.82, 2.24) is 10.9 Å². The molecule has 2 amide bonds. The number of carbonyl (C=O) groups is 2. The van der Waals surface area contributed by atoms with E-state index in [1.807, 2.05) is 26.2 Å². The van der Waals surface area contributed by atoms with Crippen LogP contribution in [-0.2, 0) is 9.59 Å². The lowest BCUT2D eigenvalue weighted by Gasteiger charge is -2.10. The van der Waals surface area contributed by atoms with Gasteiger partial charge in [0.1, 0.15) is 5.75 Å². The van der Waals surface area contributed by atoms with Gasteiger partial charge in [0.2, 0.25) is 5.91 Å². The van der Waals surface area contributed by atoms with Gasteiger partial charge in [0, 0.05) is 4.47 Å². The Balaban J connectivity index is 2.20. The molecule has 0 bridgehead atoms. The molecule has 6 nitrogen and oxygen atoms in total. The molecule has 0 saturated heterocycles. The normalized spacial score (nSPS) is 10.2. The standard InChI is InChI=1S/C13H18BrN3O3/c1-17(2)8-7-12(18)15-16-13(19)9-20-11-5-3-10(14)4-6-11/h3-6H,7-9H2,1-2H3,(H,15,18)(H,16,19)/p+1. The second-order valence-electron chi connectivity index (χ2n) is 4.55. The number of hydrazine groups is 1. The fourth-order valence-electron chi connectivity index (χ4n) is 1.28. The van der Waals surface area contributed by atoms with Crippen molar-refractivity contribution in [1.29, 1.82) is 0 Å². The van der Waals surface area contributed by atoms with Crippen molar-refractivity contribution in [2.45, 2.75) is 6.42 Å². The highest BCUT2D eigenvalue weighted by Crippen LogP contribution is 2.15. The number of hydrogen-bond acceptors (Lipinski definition) is 3. The summed E-state index contributed by atoms with van der Waals surface area (Å²) in [7, 11) is 3.91. The van der Waals surface area contributed by atoms with Crippen molar-refractivity contribution in [3.8, 4) is 5.75 Å². The molecule has 1 aromatic carbocycles. The molecule has 0 atom stereocenters. The van der Waals surface area contributed by atoms with Gasteiger partial charge in [0.25, 0.3) is 5.91 Å². The van der Waals surface area contributed by atoms with Crippen LogP contribution >= 0.6 is 15.9 Å². The number of ether oxygens (including phenoxy) is 1. The minimum absolute atomic E-state index is 0.152. The van der Waals surface area contributed by atoms with Gasteiger partial charge in [-0.3, -0.25) is 20.4 Å². The van der Waals surface area contributed by atoms with Gasteiger partial charge in [-0.15, -0.1) is 0 Å². The molecule has 0 aromatic heterocycles. The van der Waals surface area contributed by atoms with E-state index in [-0.39, 0.29) is 12.5 Å². The number of nitrogens with one attached hydrogen (secondary N) is 3. The van der Waals surface area contributed by atoms with Crippen LogP contribution < -0.4 is 20.5 Å². The van der Waals surface area contributed by atoms with Crippen LogP contribution in [0.2, 0.25) is 0 Å². The zero-order chi connectivity index (χ0) is 15.0. The van der Waals surface area contributed by atoms with Gasteiger partial charge in [-0.25, -0.2) is 0 Å². The molecule has 0 unspecified atom stereocenters. The highest BCUT2D eigenvalue weighted by atomic mass is 79.9. The van der Waals surface area contributed by atoms with Crippen molar-refractivity contribution in [3.63, 3.8) is 0 Å². The topological polar surface area (TPSA) is 71.9 Å². The van der Waals surface area contributed by atoms with E-state index < -0.39 is 5.91 Å². The van der Waals surface area contributed by atoms with Crippen molar-refractivity contribution in [2.24, 2.45) is 0 Å². The van der Waals surface area contributed by atoms with Crippen LogP contribution in [0.1, 0.15) is 6.42 Å². The first kappa shape index (κ1) is 16.5. The number of hydrogen-bond donors (Lipinski definition) is 3. The summed E-state index contributed by atoms with van der Waals surface area (Å²) >= 11 is 3.31. The first-order valence-electron chi connectivity index (χ1n) is 6.22. The number of benzene rings is 1. The summed E-state index contributed by atoms with van der Waals surface area (Å²) in [5.41, 5.74) is 4.65. The zero-order valence-corrected chi connectivity index (χ0v) is 13.1. The average Bonchev–Trinajstić information content (AvgIpc) is 2.42. The summed E-state index contributed by atoms with van der Waals surface area (Å²) in [6, 6.07) is 7.13. The minimum Gasteiger partial charge on any atom is -0.484 e. The van der Waals surface area contributed by atoms with E-state index in [2.05, 4.69) is 26.8 Å². The molecule has 0 aliphatic heterocycles. The molecule has 0 saturated carbocycles. The van der Waals surface area contributed by atoms with Crippen LogP contribution in [0.4, 0.5) is 0 Å². The third-order valence-corrected chi connectivity index (χ3v) is 2.91. The minimum atomic E-state index is -0.404. The molecular weight excluding hydrogens is 326 g/mol. The third-order valence-electron chi connectivity index (χ3n) is 2.38. The lowest BCUT2D eigenvalue weighted by atomic mass is 10.3. The zero-order valence-electron chi connectivity index (χ0n) is 11.5. The molecule has 0 heterocycles. The highest BCUT2D eigenvalue weighted by molar-refractivity contribution is 9.10. The average molecular weight is 345 g/mol. The second-order valence-corrected chi connectivity index (χ2v) is 5.46. The molecule has 3 N–H and O–H groups in total. The summed E-state index contributed by atoms with van der Waals surface area (Å²) in [5.74, 6) is -0.0347. The summed E-state index contributed by atoms with van der Waals surface area (Å²) in [4.78, 5) is 24.0. The highest BCUT2D eigenvalue weighted by Gasteiger charge is 2.07. The Bertz CT molecular complexity index is 449. The summed E-state index contributed by atoms with van der Waals surface area (Å²) in [5, 5.41) is 0. The van der Waals surface area contributed by atoms with Gasteiger partial charge in [-0.05, 0) is 24.3 Å². The first-order chi connectivity index (χ1) is 9.47. The maximum atomic E-state index is 11.5. The van der Waals surface area contributed by atoms with E-state index in [1.165, 1.54) is 4.90 Å². The van der Waals surface area contributed by atoms with Crippen molar-refractivity contribution < 1.29 is 19.2 Å². The number of carbonyl (C=O) groups excluding carboxylic acids is 2. The predicted octanol–water partition coefficient (Wildman–Crippen LogP) is -0.490. The molecule has 0 fully saturated rings. The Morgan fingerprint density at radius 3 is 2.35 bits per heavy atom. The van der Waals surface area contributed by atoms with Crippen LogP contribution in [0.15, 0.2) is 28.7 Å². The van der Waals surface area contributed by atoms with Crippen LogP contribution in [-0.4, -0.2) is 39.1 Å². The third kappa shape index (κ3) is 7.10. The maximum Gasteiger partial charge on any atom is 0.276 e. The van der Waals surface area contributed by atoms with Crippen LogP contribution in [0.25, 0.3) is 0 Å². The summed E-state index contributed by atoms with van der Waals surface area (Å²) < 4.78 is 6.20. The fourth-order valence-corrected chi connectivity index (χ4v) is 1.55. The lowest BCUT2D eigenvalue weighted by molar-refractivity contribution is -0.857. The SMILES string of the molecule is C[NH+](C)CCC(=O)NNC(=O)COc1ccc(Br)cc1. The van der Waals surface area contributed by atoms with Crippen molar-refractivity contribution in [2.75, 3.05) is 27.2 Å². The molecule has 0 spiro atoms. The van der Waals surface area contributed by atoms with Gasteiger partial charge >= 0.3 is 0 Å². The van der Waals surface area contributed by atoms with E-state index in [0.717, 1.165) is 4.47 Å². The molecule has 20 heavy (non-hydrogen) atoms. The van der Waals surface area contributed by atoms with Crippen LogP contribution in [0, 0.1) is 0 Å². The number of rotatable bonds is 6. The van der Waals surface area contributed by atoms with E-state index >= 15 is 0 Å². The molecule has 0 aliphatic carbocycles. The maximum absolute atomic E-state index is 11.5. The predicted molar refractivity (Wildman–Crippen MR) is 78.2 cm³/mol. The molecule has 0 radical (unpaired) electrons. The Kier molecular flexibility index (Phi) is 7.03. The number of quaternary nitrogens is 1.